The molecule has 0 spiro atoms. The molecule has 0 aromatic carbocycles. The largest absolute Gasteiger partial charge is 0.312 e. The number of hydrogen-bond acceptors (Lipinski definition) is 2. The van der Waals surface area contributed by atoms with E-state index in [4.69, 9.17) is 0 Å². The third-order valence-electron chi connectivity index (χ3n) is 5.38. The summed E-state index contributed by atoms with van der Waals surface area (Å²) in [6.45, 7) is 13.3. The van der Waals surface area contributed by atoms with Gasteiger partial charge in [-0.15, -0.1) is 0 Å². The van der Waals surface area contributed by atoms with Gasteiger partial charge in [0.2, 0.25) is 0 Å². The van der Waals surface area contributed by atoms with E-state index in [9.17, 15) is 0 Å². The second-order valence-corrected chi connectivity index (χ2v) is 7.86. The van der Waals surface area contributed by atoms with Crippen molar-refractivity contribution in [2.75, 3.05) is 19.6 Å². The van der Waals surface area contributed by atoms with Crippen LogP contribution in [0.25, 0.3) is 0 Å². The van der Waals surface area contributed by atoms with Crippen molar-refractivity contribution in [3.8, 4) is 0 Å². The molecule has 0 aromatic heterocycles. The van der Waals surface area contributed by atoms with Gasteiger partial charge in [-0.1, -0.05) is 40.0 Å². The first-order valence-corrected chi connectivity index (χ1v) is 8.46. The van der Waals surface area contributed by atoms with Crippen molar-refractivity contribution in [3.05, 3.63) is 0 Å². The number of nitrogens with one attached hydrogen (secondary N) is 1. The summed E-state index contributed by atoms with van der Waals surface area (Å²) >= 11 is 0. The fraction of sp³-hybridized carbons (Fsp3) is 1.00. The molecule has 1 saturated heterocycles. The van der Waals surface area contributed by atoms with Crippen LogP contribution in [-0.4, -0.2) is 36.6 Å². The minimum absolute atomic E-state index is 0.370. The lowest BCUT2D eigenvalue weighted by Gasteiger charge is -2.40. The molecular weight excluding hydrogens is 232 g/mol. The molecule has 1 aliphatic heterocycles. The highest BCUT2D eigenvalue weighted by atomic mass is 15.2. The van der Waals surface area contributed by atoms with Crippen LogP contribution < -0.4 is 5.32 Å². The summed E-state index contributed by atoms with van der Waals surface area (Å²) in [7, 11) is 0. The normalized spacial score (nSPS) is 30.0. The zero-order valence-electron chi connectivity index (χ0n) is 13.5. The van der Waals surface area contributed by atoms with Gasteiger partial charge in [-0.05, 0) is 50.6 Å². The molecule has 1 heterocycles. The van der Waals surface area contributed by atoms with Crippen LogP contribution in [-0.2, 0) is 0 Å². The maximum Gasteiger partial charge on any atom is 0.0243 e. The SMILES string of the molecule is CC(C1CCCCC1)N1CCCNC(C(C)(C)C)C1. The van der Waals surface area contributed by atoms with Crippen LogP contribution in [0.2, 0.25) is 0 Å². The lowest BCUT2D eigenvalue weighted by molar-refractivity contribution is 0.108. The Labute approximate surface area is 120 Å². The first-order chi connectivity index (χ1) is 8.98. The summed E-state index contributed by atoms with van der Waals surface area (Å²) < 4.78 is 0. The van der Waals surface area contributed by atoms with Crippen molar-refractivity contribution in [1.29, 1.82) is 0 Å². The lowest BCUT2D eigenvalue weighted by atomic mass is 9.82. The van der Waals surface area contributed by atoms with Gasteiger partial charge in [0.25, 0.3) is 0 Å². The summed E-state index contributed by atoms with van der Waals surface area (Å²) in [5.74, 6) is 0.951. The van der Waals surface area contributed by atoms with E-state index < -0.39 is 0 Å². The molecule has 1 N–H and O–H groups in total. The molecule has 0 bridgehead atoms. The molecule has 0 aromatic rings. The van der Waals surface area contributed by atoms with Crippen molar-refractivity contribution in [3.63, 3.8) is 0 Å². The third kappa shape index (κ3) is 4.19. The Kier molecular flexibility index (Phi) is 5.30. The zero-order valence-corrected chi connectivity index (χ0v) is 13.5. The minimum Gasteiger partial charge on any atom is -0.312 e. The van der Waals surface area contributed by atoms with Crippen LogP contribution in [0.4, 0.5) is 0 Å². The van der Waals surface area contributed by atoms with E-state index in [0.29, 0.717) is 11.5 Å². The van der Waals surface area contributed by atoms with Crippen molar-refractivity contribution < 1.29 is 0 Å². The molecular formula is C17H34N2. The lowest BCUT2D eigenvalue weighted by Crippen LogP contribution is -2.49. The second-order valence-electron chi connectivity index (χ2n) is 7.86. The summed E-state index contributed by atoms with van der Waals surface area (Å²) in [5.41, 5.74) is 0.370. The van der Waals surface area contributed by atoms with Gasteiger partial charge in [0, 0.05) is 18.6 Å². The van der Waals surface area contributed by atoms with Gasteiger partial charge in [0.15, 0.2) is 0 Å². The first kappa shape index (κ1) is 15.3. The average molecular weight is 266 g/mol. The zero-order chi connectivity index (χ0) is 13.9. The maximum atomic E-state index is 3.77. The smallest absolute Gasteiger partial charge is 0.0243 e. The van der Waals surface area contributed by atoms with Crippen LogP contribution >= 0.6 is 0 Å². The Balaban J connectivity index is 1.96. The molecule has 1 aliphatic carbocycles. The summed E-state index contributed by atoms with van der Waals surface area (Å²) in [6.07, 6.45) is 8.63. The van der Waals surface area contributed by atoms with E-state index in [1.807, 2.05) is 0 Å². The molecule has 2 unspecified atom stereocenters. The highest BCUT2D eigenvalue weighted by Crippen LogP contribution is 2.30. The number of rotatable bonds is 2. The van der Waals surface area contributed by atoms with E-state index in [2.05, 4.69) is 37.9 Å². The highest BCUT2D eigenvalue weighted by molar-refractivity contribution is 4.89. The fourth-order valence-corrected chi connectivity index (χ4v) is 3.81. The number of hydrogen-bond donors (Lipinski definition) is 1. The monoisotopic (exact) mass is 266 g/mol. The van der Waals surface area contributed by atoms with Crippen LogP contribution in [0.5, 0.6) is 0 Å². The van der Waals surface area contributed by atoms with Gasteiger partial charge >= 0.3 is 0 Å². The Hall–Kier alpha value is -0.0800. The highest BCUT2D eigenvalue weighted by Gasteiger charge is 2.32. The molecule has 2 rings (SSSR count). The van der Waals surface area contributed by atoms with Gasteiger partial charge in [0.1, 0.15) is 0 Å². The molecule has 2 atom stereocenters. The molecule has 2 nitrogen and oxygen atoms in total. The molecule has 19 heavy (non-hydrogen) atoms. The number of nitrogens with zero attached hydrogens (tertiary/aromatic N) is 1. The van der Waals surface area contributed by atoms with Crippen molar-refractivity contribution in [1.82, 2.24) is 10.2 Å². The standard InChI is InChI=1S/C17H34N2/c1-14(15-9-6-5-7-10-15)19-12-8-11-18-16(13-19)17(2,3)4/h14-16,18H,5-13H2,1-4H3. The quantitative estimate of drug-likeness (QED) is 0.820. The minimum atomic E-state index is 0.370. The maximum absolute atomic E-state index is 3.77. The Morgan fingerprint density at radius 2 is 1.74 bits per heavy atom. The van der Waals surface area contributed by atoms with E-state index in [-0.39, 0.29) is 0 Å². The molecule has 0 amide bonds. The molecule has 2 fully saturated rings. The van der Waals surface area contributed by atoms with Gasteiger partial charge in [-0.25, -0.2) is 0 Å². The van der Waals surface area contributed by atoms with Gasteiger partial charge in [-0.3, -0.25) is 4.90 Å². The van der Waals surface area contributed by atoms with Crippen LogP contribution in [0.3, 0.4) is 0 Å². The summed E-state index contributed by atoms with van der Waals surface area (Å²) in [5, 5.41) is 3.77. The molecule has 2 heteroatoms. The van der Waals surface area contributed by atoms with Crippen molar-refractivity contribution >= 4 is 0 Å². The van der Waals surface area contributed by atoms with E-state index in [1.54, 1.807) is 0 Å². The third-order valence-corrected chi connectivity index (χ3v) is 5.38. The van der Waals surface area contributed by atoms with Gasteiger partial charge in [0.05, 0.1) is 0 Å². The van der Waals surface area contributed by atoms with E-state index >= 15 is 0 Å². The predicted molar refractivity (Wildman–Crippen MR) is 83.5 cm³/mol. The first-order valence-electron chi connectivity index (χ1n) is 8.46. The molecule has 0 radical (unpaired) electrons. The van der Waals surface area contributed by atoms with Crippen LogP contribution in [0, 0.1) is 11.3 Å². The Morgan fingerprint density at radius 3 is 2.37 bits per heavy atom. The van der Waals surface area contributed by atoms with Gasteiger partial charge < -0.3 is 5.32 Å². The van der Waals surface area contributed by atoms with Crippen LogP contribution in [0.15, 0.2) is 0 Å². The van der Waals surface area contributed by atoms with Crippen molar-refractivity contribution in [2.24, 2.45) is 11.3 Å². The topological polar surface area (TPSA) is 15.3 Å². The predicted octanol–water partition coefficient (Wildman–Crippen LogP) is 3.67. The summed E-state index contributed by atoms with van der Waals surface area (Å²) in [6, 6.07) is 1.42. The molecule has 2 aliphatic rings. The van der Waals surface area contributed by atoms with E-state index in [0.717, 1.165) is 12.0 Å². The van der Waals surface area contributed by atoms with Crippen LogP contribution in [0.1, 0.15) is 66.2 Å². The molecule has 1 saturated carbocycles. The average Bonchev–Trinajstić information content (AvgIpc) is 2.64. The Bertz CT molecular complexity index is 263. The Morgan fingerprint density at radius 1 is 1.05 bits per heavy atom. The van der Waals surface area contributed by atoms with Crippen molar-refractivity contribution in [2.45, 2.75) is 78.3 Å². The van der Waals surface area contributed by atoms with Gasteiger partial charge in [-0.2, -0.15) is 0 Å². The summed E-state index contributed by atoms with van der Waals surface area (Å²) in [4.78, 5) is 2.78. The second kappa shape index (κ2) is 6.58. The fourth-order valence-electron chi connectivity index (χ4n) is 3.81. The molecule has 112 valence electrons. The van der Waals surface area contributed by atoms with E-state index in [1.165, 1.54) is 58.2 Å².